The third kappa shape index (κ3) is 3.29. The molecular weight excluding hydrogens is 258 g/mol. The van der Waals surface area contributed by atoms with Crippen LogP contribution < -0.4 is 10.1 Å². The number of hydrogen-bond donors (Lipinski definition) is 2. The van der Waals surface area contributed by atoms with E-state index in [1.807, 2.05) is 6.07 Å². The normalized spacial score (nSPS) is 17.5. The Morgan fingerprint density at radius 2 is 2.10 bits per heavy atom. The van der Waals surface area contributed by atoms with E-state index in [0.717, 1.165) is 12.8 Å². The van der Waals surface area contributed by atoms with Gasteiger partial charge in [0, 0.05) is 25.2 Å². The van der Waals surface area contributed by atoms with E-state index in [0.29, 0.717) is 31.1 Å². The van der Waals surface area contributed by atoms with E-state index in [2.05, 4.69) is 5.32 Å². The van der Waals surface area contributed by atoms with Gasteiger partial charge < -0.3 is 19.9 Å². The van der Waals surface area contributed by atoms with Gasteiger partial charge in [-0.15, -0.1) is 0 Å². The van der Waals surface area contributed by atoms with Gasteiger partial charge in [-0.25, -0.2) is 0 Å². The standard InChI is InChI=1S/C15H21NO4/c1-19-13-5-3-2-4-12(13)14(18)16-10-15(11-17)6-8-20-9-7-15/h2-5,17H,6-11H2,1H3,(H,16,18). The molecule has 2 N–H and O–H groups in total. The zero-order chi connectivity index (χ0) is 14.4. The van der Waals surface area contributed by atoms with Gasteiger partial charge in [0.2, 0.25) is 0 Å². The first kappa shape index (κ1) is 14.8. The quantitative estimate of drug-likeness (QED) is 0.850. The molecule has 1 aromatic carbocycles. The topological polar surface area (TPSA) is 67.8 Å². The van der Waals surface area contributed by atoms with Crippen LogP contribution in [0, 0.1) is 5.41 Å². The smallest absolute Gasteiger partial charge is 0.255 e. The molecule has 1 heterocycles. The van der Waals surface area contributed by atoms with Gasteiger partial charge in [-0.1, -0.05) is 12.1 Å². The van der Waals surface area contributed by atoms with Crippen molar-refractivity contribution in [3.05, 3.63) is 29.8 Å². The Kier molecular flexibility index (Phi) is 4.98. The zero-order valence-electron chi connectivity index (χ0n) is 11.7. The molecule has 1 aromatic rings. The van der Waals surface area contributed by atoms with Crippen LogP contribution in [0.4, 0.5) is 0 Å². The van der Waals surface area contributed by atoms with Crippen LogP contribution in [-0.4, -0.2) is 44.5 Å². The lowest BCUT2D eigenvalue weighted by Crippen LogP contribution is -2.43. The number of ether oxygens (including phenoxy) is 2. The summed E-state index contributed by atoms with van der Waals surface area (Å²) in [5.74, 6) is 0.372. The molecule has 1 amide bonds. The Morgan fingerprint density at radius 1 is 1.40 bits per heavy atom. The summed E-state index contributed by atoms with van der Waals surface area (Å²) < 4.78 is 10.5. The van der Waals surface area contributed by atoms with E-state index < -0.39 is 0 Å². The van der Waals surface area contributed by atoms with Crippen molar-refractivity contribution in [1.82, 2.24) is 5.32 Å². The number of methoxy groups -OCH3 is 1. The van der Waals surface area contributed by atoms with Crippen molar-refractivity contribution in [2.24, 2.45) is 5.41 Å². The minimum Gasteiger partial charge on any atom is -0.496 e. The van der Waals surface area contributed by atoms with Gasteiger partial charge in [-0.05, 0) is 25.0 Å². The highest BCUT2D eigenvalue weighted by Crippen LogP contribution is 2.29. The molecule has 1 aliphatic rings. The summed E-state index contributed by atoms with van der Waals surface area (Å²) >= 11 is 0. The lowest BCUT2D eigenvalue weighted by Gasteiger charge is -2.35. The van der Waals surface area contributed by atoms with Crippen molar-refractivity contribution in [2.45, 2.75) is 12.8 Å². The number of aliphatic hydroxyl groups excluding tert-OH is 1. The number of para-hydroxylation sites is 1. The van der Waals surface area contributed by atoms with Crippen LogP contribution in [0.3, 0.4) is 0 Å². The molecule has 2 rings (SSSR count). The second-order valence-electron chi connectivity index (χ2n) is 5.15. The third-order valence-corrected chi connectivity index (χ3v) is 3.86. The predicted octanol–water partition coefficient (Wildman–Crippen LogP) is 1.21. The minimum atomic E-state index is -0.268. The molecule has 110 valence electrons. The number of carbonyl (C=O) groups is 1. The maximum absolute atomic E-state index is 12.2. The summed E-state index contributed by atoms with van der Waals surface area (Å²) in [6.07, 6.45) is 1.52. The molecule has 0 atom stereocenters. The van der Waals surface area contributed by atoms with Crippen LogP contribution in [0.1, 0.15) is 23.2 Å². The van der Waals surface area contributed by atoms with E-state index in [-0.39, 0.29) is 17.9 Å². The number of rotatable bonds is 5. The number of hydrogen-bond acceptors (Lipinski definition) is 4. The third-order valence-electron chi connectivity index (χ3n) is 3.86. The van der Waals surface area contributed by atoms with Gasteiger partial charge in [0.15, 0.2) is 0 Å². The van der Waals surface area contributed by atoms with Crippen LogP contribution in [0.25, 0.3) is 0 Å². The maximum atomic E-state index is 12.2. The molecule has 1 saturated heterocycles. The largest absolute Gasteiger partial charge is 0.496 e. The van der Waals surface area contributed by atoms with Crippen molar-refractivity contribution in [3.63, 3.8) is 0 Å². The lowest BCUT2D eigenvalue weighted by atomic mass is 9.81. The van der Waals surface area contributed by atoms with E-state index in [4.69, 9.17) is 9.47 Å². The average molecular weight is 279 g/mol. The summed E-state index contributed by atoms with van der Waals surface area (Å²) in [7, 11) is 1.54. The van der Waals surface area contributed by atoms with Crippen LogP contribution in [0.5, 0.6) is 5.75 Å². The van der Waals surface area contributed by atoms with Gasteiger partial charge in [-0.3, -0.25) is 4.79 Å². The highest BCUT2D eigenvalue weighted by molar-refractivity contribution is 5.96. The minimum absolute atomic E-state index is 0.0581. The molecule has 5 nitrogen and oxygen atoms in total. The Labute approximate surface area is 118 Å². The molecule has 0 aliphatic carbocycles. The van der Waals surface area contributed by atoms with Gasteiger partial charge in [0.05, 0.1) is 19.3 Å². The summed E-state index contributed by atoms with van der Waals surface area (Å²) in [6.45, 7) is 1.77. The summed E-state index contributed by atoms with van der Waals surface area (Å²) in [4.78, 5) is 12.2. The predicted molar refractivity (Wildman–Crippen MR) is 74.9 cm³/mol. The fourth-order valence-electron chi connectivity index (χ4n) is 2.39. The lowest BCUT2D eigenvalue weighted by molar-refractivity contribution is -0.0146. The van der Waals surface area contributed by atoms with Crippen molar-refractivity contribution < 1.29 is 19.4 Å². The van der Waals surface area contributed by atoms with E-state index in [9.17, 15) is 9.90 Å². The molecule has 0 saturated carbocycles. The molecule has 5 heteroatoms. The fraction of sp³-hybridized carbons (Fsp3) is 0.533. The highest BCUT2D eigenvalue weighted by atomic mass is 16.5. The van der Waals surface area contributed by atoms with Crippen LogP contribution in [0.2, 0.25) is 0 Å². The van der Waals surface area contributed by atoms with E-state index in [1.54, 1.807) is 25.3 Å². The van der Waals surface area contributed by atoms with Gasteiger partial charge in [0.25, 0.3) is 5.91 Å². The number of carbonyl (C=O) groups excluding carboxylic acids is 1. The molecule has 1 fully saturated rings. The Hall–Kier alpha value is -1.59. The first-order chi connectivity index (χ1) is 9.71. The Bertz CT molecular complexity index is 455. The van der Waals surface area contributed by atoms with Crippen LogP contribution in [0.15, 0.2) is 24.3 Å². The first-order valence-corrected chi connectivity index (χ1v) is 6.81. The van der Waals surface area contributed by atoms with Gasteiger partial charge >= 0.3 is 0 Å². The number of aliphatic hydroxyl groups is 1. The van der Waals surface area contributed by atoms with Gasteiger partial charge in [0.1, 0.15) is 5.75 Å². The van der Waals surface area contributed by atoms with Crippen molar-refractivity contribution in [1.29, 1.82) is 0 Å². The summed E-state index contributed by atoms with van der Waals surface area (Å²) in [5, 5.41) is 12.5. The van der Waals surface area contributed by atoms with Crippen molar-refractivity contribution in [3.8, 4) is 5.75 Å². The number of benzene rings is 1. The van der Waals surface area contributed by atoms with E-state index in [1.165, 1.54) is 0 Å². The van der Waals surface area contributed by atoms with E-state index >= 15 is 0 Å². The van der Waals surface area contributed by atoms with Crippen molar-refractivity contribution >= 4 is 5.91 Å². The molecule has 0 aromatic heterocycles. The molecule has 0 spiro atoms. The second-order valence-corrected chi connectivity index (χ2v) is 5.15. The molecule has 1 aliphatic heterocycles. The molecule has 0 unspecified atom stereocenters. The first-order valence-electron chi connectivity index (χ1n) is 6.81. The molecule has 0 radical (unpaired) electrons. The summed E-state index contributed by atoms with van der Waals surface area (Å²) in [6, 6.07) is 7.10. The molecule has 0 bridgehead atoms. The monoisotopic (exact) mass is 279 g/mol. The highest BCUT2D eigenvalue weighted by Gasteiger charge is 2.32. The Morgan fingerprint density at radius 3 is 2.75 bits per heavy atom. The number of nitrogens with one attached hydrogen (secondary N) is 1. The molecule has 20 heavy (non-hydrogen) atoms. The fourth-order valence-corrected chi connectivity index (χ4v) is 2.39. The number of amides is 1. The average Bonchev–Trinajstić information content (AvgIpc) is 2.53. The Balaban J connectivity index is 2.00. The summed E-state index contributed by atoms with van der Waals surface area (Å²) in [5.41, 5.74) is 0.241. The molecular formula is C15H21NO4. The van der Waals surface area contributed by atoms with Crippen molar-refractivity contribution in [2.75, 3.05) is 33.5 Å². The van der Waals surface area contributed by atoms with Crippen LogP contribution in [-0.2, 0) is 4.74 Å². The SMILES string of the molecule is COc1ccccc1C(=O)NCC1(CO)CCOCC1. The zero-order valence-corrected chi connectivity index (χ0v) is 11.7. The van der Waals surface area contributed by atoms with Gasteiger partial charge in [-0.2, -0.15) is 0 Å². The second kappa shape index (κ2) is 6.72. The van der Waals surface area contributed by atoms with Crippen LogP contribution >= 0.6 is 0 Å². The maximum Gasteiger partial charge on any atom is 0.255 e.